The number of aromatic amines is 1. The molecule has 1 saturated heterocycles. The van der Waals surface area contributed by atoms with E-state index in [0.717, 1.165) is 66.5 Å². The number of nitrogens with one attached hydrogen (secondary N) is 1. The number of piperidine rings is 1. The number of fused-ring (bicyclic) bond motifs is 3. The van der Waals surface area contributed by atoms with Crippen molar-refractivity contribution in [1.29, 1.82) is 0 Å². The van der Waals surface area contributed by atoms with Crippen molar-refractivity contribution in [2.75, 3.05) is 26.3 Å². The van der Waals surface area contributed by atoms with E-state index < -0.39 is 17.3 Å². The Balaban J connectivity index is 1.30. The van der Waals surface area contributed by atoms with E-state index in [9.17, 15) is 17.6 Å². The molecule has 0 unspecified atom stereocenters. The molecule has 3 aromatic carbocycles. The maximum Gasteiger partial charge on any atom is 0.271 e. The molecule has 1 aliphatic rings. The third-order valence-corrected chi connectivity index (χ3v) is 8.67. The second-order valence-electron chi connectivity index (χ2n) is 10.4. The largest absolute Gasteiger partial charge is 0.490 e. The number of thiophene rings is 1. The fraction of sp³-hybridized carbons (Fsp3) is 0.323. The van der Waals surface area contributed by atoms with Crippen LogP contribution < -0.4 is 9.47 Å². The molecule has 5 nitrogen and oxygen atoms in total. The van der Waals surface area contributed by atoms with E-state index >= 15 is 0 Å². The minimum absolute atomic E-state index is 0.0841. The Morgan fingerprint density at radius 1 is 1.02 bits per heavy atom. The normalized spacial score (nSPS) is 15.1. The molecule has 2 aromatic heterocycles. The molecule has 0 amide bonds. The van der Waals surface area contributed by atoms with Crippen LogP contribution in [0, 0.1) is 5.82 Å². The number of H-pyrrole nitrogens is 1. The molecule has 0 atom stereocenters. The zero-order valence-corrected chi connectivity index (χ0v) is 23.2. The Labute approximate surface area is 238 Å². The SMILES string of the molecule is CC(F)(F)c1cc(F)ccc1-c1sc2c(ccc3[nH]ncc32)c1Oc1ccc(OC2CCN(CCCF)CC2)cc1. The van der Waals surface area contributed by atoms with Gasteiger partial charge < -0.3 is 14.4 Å². The van der Waals surface area contributed by atoms with Gasteiger partial charge in [0.1, 0.15) is 23.4 Å². The van der Waals surface area contributed by atoms with Crippen LogP contribution in [0.3, 0.4) is 0 Å². The lowest BCUT2D eigenvalue weighted by Gasteiger charge is -2.31. The van der Waals surface area contributed by atoms with Crippen molar-refractivity contribution < 1.29 is 27.0 Å². The van der Waals surface area contributed by atoms with Crippen LogP contribution in [0.2, 0.25) is 0 Å². The summed E-state index contributed by atoms with van der Waals surface area (Å²) in [6.45, 7) is 3.01. The highest BCUT2D eigenvalue weighted by Gasteiger charge is 2.31. The molecule has 1 fully saturated rings. The van der Waals surface area contributed by atoms with Gasteiger partial charge in [0, 0.05) is 53.2 Å². The number of benzene rings is 3. The molecule has 214 valence electrons. The van der Waals surface area contributed by atoms with E-state index in [1.807, 2.05) is 24.3 Å². The number of alkyl halides is 3. The minimum Gasteiger partial charge on any atom is -0.490 e. The molecular weight excluding hydrogens is 554 g/mol. The van der Waals surface area contributed by atoms with Crippen LogP contribution in [0.5, 0.6) is 17.2 Å². The summed E-state index contributed by atoms with van der Waals surface area (Å²) in [6.07, 6.45) is 4.09. The van der Waals surface area contributed by atoms with Crippen LogP contribution in [0.15, 0.2) is 60.8 Å². The molecule has 5 aromatic rings. The smallest absolute Gasteiger partial charge is 0.271 e. The Kier molecular flexibility index (Phi) is 7.61. The first-order valence-corrected chi connectivity index (χ1v) is 14.4. The molecule has 41 heavy (non-hydrogen) atoms. The van der Waals surface area contributed by atoms with Crippen molar-refractivity contribution in [2.24, 2.45) is 0 Å². The van der Waals surface area contributed by atoms with Crippen LogP contribution in [-0.4, -0.2) is 47.5 Å². The van der Waals surface area contributed by atoms with E-state index in [4.69, 9.17) is 9.47 Å². The number of likely N-dealkylation sites (tertiary alicyclic amines) is 1. The van der Waals surface area contributed by atoms with Crippen molar-refractivity contribution in [1.82, 2.24) is 15.1 Å². The van der Waals surface area contributed by atoms with Crippen molar-refractivity contribution in [3.05, 3.63) is 72.2 Å². The summed E-state index contributed by atoms with van der Waals surface area (Å²) in [5, 5.41) is 8.66. The summed E-state index contributed by atoms with van der Waals surface area (Å²) in [6, 6.07) is 14.4. The van der Waals surface area contributed by atoms with Crippen LogP contribution in [0.25, 0.3) is 31.4 Å². The summed E-state index contributed by atoms with van der Waals surface area (Å²) in [5.41, 5.74) is 0.619. The van der Waals surface area contributed by atoms with Crippen LogP contribution in [0.1, 0.15) is 31.7 Å². The third kappa shape index (κ3) is 5.76. The quantitative estimate of drug-likeness (QED) is 0.176. The molecule has 1 aliphatic heterocycles. The fourth-order valence-corrected chi connectivity index (χ4v) is 6.62. The number of halogens is 4. The highest BCUT2D eigenvalue weighted by molar-refractivity contribution is 7.23. The van der Waals surface area contributed by atoms with Gasteiger partial charge in [-0.15, -0.1) is 11.3 Å². The molecular formula is C31H29F4N3O2S. The van der Waals surface area contributed by atoms with Gasteiger partial charge in [-0.1, -0.05) is 6.07 Å². The first-order chi connectivity index (χ1) is 19.8. The molecule has 0 radical (unpaired) electrons. The fourth-order valence-electron chi connectivity index (χ4n) is 5.34. The van der Waals surface area contributed by atoms with Gasteiger partial charge in [-0.3, -0.25) is 9.49 Å². The summed E-state index contributed by atoms with van der Waals surface area (Å²) in [7, 11) is 0. The molecule has 1 N–H and O–H groups in total. The number of hydrogen-bond donors (Lipinski definition) is 1. The summed E-state index contributed by atoms with van der Waals surface area (Å²) in [5.74, 6) is -2.36. The third-order valence-electron chi connectivity index (χ3n) is 7.42. The number of aromatic nitrogens is 2. The second kappa shape index (κ2) is 11.3. The van der Waals surface area contributed by atoms with Gasteiger partial charge >= 0.3 is 0 Å². The number of nitrogens with zero attached hydrogens (tertiary/aromatic N) is 2. The average Bonchev–Trinajstić information content (AvgIpc) is 3.58. The van der Waals surface area contributed by atoms with E-state index in [-0.39, 0.29) is 18.3 Å². The Hall–Kier alpha value is -3.63. The first-order valence-electron chi connectivity index (χ1n) is 13.6. The second-order valence-corrected chi connectivity index (χ2v) is 11.4. The molecule has 6 rings (SSSR count). The van der Waals surface area contributed by atoms with Gasteiger partial charge in [-0.25, -0.2) is 13.2 Å². The van der Waals surface area contributed by atoms with Gasteiger partial charge in [0.25, 0.3) is 5.92 Å². The molecule has 0 bridgehead atoms. The Morgan fingerprint density at radius 3 is 2.51 bits per heavy atom. The van der Waals surface area contributed by atoms with Crippen molar-refractivity contribution in [3.8, 4) is 27.7 Å². The number of hydrogen-bond acceptors (Lipinski definition) is 5. The lowest BCUT2D eigenvalue weighted by molar-refractivity contribution is 0.0178. The van der Waals surface area contributed by atoms with E-state index in [0.29, 0.717) is 28.5 Å². The highest BCUT2D eigenvalue weighted by atomic mass is 32.1. The standard InChI is InChI=1S/C31H29F4N3O2S/c1-31(34,35)26-17-19(33)3-8-23(26)30-28(24-9-10-27-25(18-36-37-27)29(24)41-30)40-21-6-4-20(5-7-21)39-22-11-15-38(16-12-22)14-2-13-32/h3-10,17-18,22H,2,11-16H2,1H3,(H,36,37). The van der Waals surface area contributed by atoms with Gasteiger partial charge in [-0.2, -0.15) is 5.10 Å². The summed E-state index contributed by atoms with van der Waals surface area (Å²) in [4.78, 5) is 2.74. The Morgan fingerprint density at radius 2 is 1.78 bits per heavy atom. The number of rotatable bonds is 9. The predicted octanol–water partition coefficient (Wildman–Crippen LogP) is 8.69. The van der Waals surface area contributed by atoms with E-state index in [1.165, 1.54) is 23.5 Å². The van der Waals surface area contributed by atoms with Crippen LogP contribution in [-0.2, 0) is 5.92 Å². The molecule has 0 saturated carbocycles. The molecule has 0 aliphatic carbocycles. The van der Waals surface area contributed by atoms with Crippen LogP contribution >= 0.6 is 11.3 Å². The monoisotopic (exact) mass is 583 g/mol. The van der Waals surface area contributed by atoms with Crippen molar-refractivity contribution in [3.63, 3.8) is 0 Å². The summed E-state index contributed by atoms with van der Waals surface area (Å²) >= 11 is 1.31. The topological polar surface area (TPSA) is 50.4 Å². The summed E-state index contributed by atoms with van der Waals surface area (Å²) < 4.78 is 69.3. The van der Waals surface area contributed by atoms with Crippen molar-refractivity contribution >= 4 is 32.3 Å². The van der Waals surface area contributed by atoms with Gasteiger partial charge in [0.15, 0.2) is 5.75 Å². The zero-order valence-electron chi connectivity index (χ0n) is 22.4. The first kappa shape index (κ1) is 27.5. The maximum atomic E-state index is 14.7. The van der Waals surface area contributed by atoms with Gasteiger partial charge in [-0.05, 0) is 67.8 Å². The predicted molar refractivity (Wildman–Crippen MR) is 154 cm³/mol. The van der Waals surface area contributed by atoms with E-state index in [1.54, 1.807) is 18.3 Å². The lowest BCUT2D eigenvalue weighted by atomic mass is 10.00. The number of ether oxygens (including phenoxy) is 2. The molecule has 0 spiro atoms. The molecule has 3 heterocycles. The van der Waals surface area contributed by atoms with Gasteiger partial charge in [0.2, 0.25) is 0 Å². The average molecular weight is 584 g/mol. The lowest BCUT2D eigenvalue weighted by Crippen LogP contribution is -2.38. The minimum atomic E-state index is -3.27. The van der Waals surface area contributed by atoms with Crippen molar-refractivity contribution in [2.45, 2.75) is 38.2 Å². The zero-order chi connectivity index (χ0) is 28.6. The van der Waals surface area contributed by atoms with Gasteiger partial charge in [0.05, 0.1) is 23.3 Å². The molecule has 10 heteroatoms. The van der Waals surface area contributed by atoms with E-state index in [2.05, 4.69) is 15.1 Å². The maximum absolute atomic E-state index is 14.7. The Bertz CT molecular complexity index is 1650. The highest BCUT2D eigenvalue weighted by Crippen LogP contribution is 2.51. The van der Waals surface area contributed by atoms with Crippen LogP contribution in [0.4, 0.5) is 17.6 Å².